The Morgan fingerprint density at radius 3 is 2.58 bits per heavy atom. The van der Waals surface area contributed by atoms with Crippen molar-refractivity contribution >= 4 is 17.9 Å². The largest absolute Gasteiger partial charge is 0.483 e. The average molecular weight is 324 g/mol. The van der Waals surface area contributed by atoms with E-state index < -0.39 is 11.8 Å². The molecule has 0 heterocycles. The zero-order chi connectivity index (χ0) is 17.4. The summed E-state index contributed by atoms with van der Waals surface area (Å²) in [6.45, 7) is 3.70. The fourth-order valence-electron chi connectivity index (χ4n) is 2.02. The summed E-state index contributed by atoms with van der Waals surface area (Å²) < 4.78 is 5.39. The van der Waals surface area contributed by atoms with Gasteiger partial charge in [0, 0.05) is 6.08 Å². The summed E-state index contributed by atoms with van der Waals surface area (Å²) in [6, 6.07) is 15.1. The molecule has 0 saturated heterocycles. The highest BCUT2D eigenvalue weighted by Gasteiger charge is 2.05. The van der Waals surface area contributed by atoms with Crippen LogP contribution in [0.1, 0.15) is 16.7 Å². The van der Waals surface area contributed by atoms with Gasteiger partial charge in [-0.1, -0.05) is 48.0 Å². The van der Waals surface area contributed by atoms with E-state index in [0.29, 0.717) is 5.75 Å². The van der Waals surface area contributed by atoms with E-state index in [0.717, 1.165) is 16.7 Å². The number of ether oxygens (including phenoxy) is 1. The molecule has 0 bridgehead atoms. The van der Waals surface area contributed by atoms with Gasteiger partial charge in [-0.25, -0.2) is 0 Å². The van der Waals surface area contributed by atoms with Crippen LogP contribution in [0.4, 0.5) is 0 Å². The lowest BCUT2D eigenvalue weighted by atomic mass is 10.1. The van der Waals surface area contributed by atoms with Gasteiger partial charge in [0.1, 0.15) is 5.75 Å². The van der Waals surface area contributed by atoms with Crippen LogP contribution in [0.2, 0.25) is 0 Å². The number of carbonyl (C=O) groups excluding carboxylic acids is 2. The number of hydrogen-bond acceptors (Lipinski definition) is 3. The molecule has 5 nitrogen and oxygen atoms in total. The Kier molecular flexibility index (Phi) is 6.14. The lowest BCUT2D eigenvalue weighted by Gasteiger charge is -2.09. The molecule has 2 rings (SSSR count). The zero-order valence-corrected chi connectivity index (χ0v) is 13.7. The molecule has 2 N–H and O–H groups in total. The highest BCUT2D eigenvalue weighted by Crippen LogP contribution is 2.15. The predicted molar refractivity (Wildman–Crippen MR) is 93.2 cm³/mol. The maximum Gasteiger partial charge on any atom is 0.276 e. The number of carbonyl (C=O) groups is 2. The van der Waals surface area contributed by atoms with Crippen LogP contribution in [0, 0.1) is 13.8 Å². The van der Waals surface area contributed by atoms with Crippen molar-refractivity contribution in [2.75, 3.05) is 6.61 Å². The third-order valence-electron chi connectivity index (χ3n) is 3.25. The zero-order valence-electron chi connectivity index (χ0n) is 13.7. The first-order chi connectivity index (χ1) is 11.5. The number of para-hydroxylation sites is 1. The third-order valence-corrected chi connectivity index (χ3v) is 3.25. The molecule has 0 aliphatic rings. The van der Waals surface area contributed by atoms with Gasteiger partial charge in [0.05, 0.1) is 0 Å². The summed E-state index contributed by atoms with van der Waals surface area (Å²) in [5, 5.41) is 0. The number of amides is 2. The van der Waals surface area contributed by atoms with E-state index in [1.54, 1.807) is 12.1 Å². The van der Waals surface area contributed by atoms with Gasteiger partial charge in [-0.15, -0.1) is 0 Å². The van der Waals surface area contributed by atoms with E-state index in [1.807, 2.05) is 56.3 Å². The van der Waals surface area contributed by atoms with Gasteiger partial charge in [0.25, 0.3) is 11.8 Å². The molecule has 0 radical (unpaired) electrons. The molecule has 5 heteroatoms. The fourth-order valence-corrected chi connectivity index (χ4v) is 2.02. The van der Waals surface area contributed by atoms with Gasteiger partial charge in [-0.2, -0.15) is 0 Å². The normalized spacial score (nSPS) is 10.4. The lowest BCUT2D eigenvalue weighted by molar-refractivity contribution is -0.128. The van der Waals surface area contributed by atoms with Crippen molar-refractivity contribution < 1.29 is 14.3 Å². The first-order valence-corrected chi connectivity index (χ1v) is 7.56. The molecule has 24 heavy (non-hydrogen) atoms. The molecule has 0 atom stereocenters. The molecule has 0 spiro atoms. The number of aryl methyl sites for hydroxylation is 2. The lowest BCUT2D eigenvalue weighted by Crippen LogP contribution is -2.43. The van der Waals surface area contributed by atoms with Crippen molar-refractivity contribution in [1.82, 2.24) is 10.9 Å². The summed E-state index contributed by atoms with van der Waals surface area (Å²) in [6.07, 6.45) is 3.04. The van der Waals surface area contributed by atoms with Crippen LogP contribution >= 0.6 is 0 Å². The molecule has 0 saturated carbocycles. The van der Waals surface area contributed by atoms with E-state index in [-0.39, 0.29) is 6.61 Å². The van der Waals surface area contributed by atoms with Gasteiger partial charge >= 0.3 is 0 Å². The Labute approximate surface area is 141 Å². The number of nitrogens with one attached hydrogen (secondary N) is 2. The average Bonchev–Trinajstić information content (AvgIpc) is 2.57. The Bertz CT molecular complexity index is 754. The Morgan fingerprint density at radius 2 is 1.83 bits per heavy atom. The van der Waals surface area contributed by atoms with Gasteiger partial charge < -0.3 is 4.74 Å². The van der Waals surface area contributed by atoms with Crippen molar-refractivity contribution in [3.8, 4) is 5.75 Å². The minimum atomic E-state index is -0.435. The van der Waals surface area contributed by atoms with Crippen molar-refractivity contribution in [3.05, 3.63) is 71.3 Å². The van der Waals surface area contributed by atoms with Crippen LogP contribution in [0.15, 0.2) is 54.6 Å². The minimum absolute atomic E-state index is 0.174. The molecule has 2 aromatic rings. The summed E-state index contributed by atoms with van der Waals surface area (Å²) in [5.41, 5.74) is 7.58. The first-order valence-electron chi connectivity index (χ1n) is 7.56. The second kappa shape index (κ2) is 8.53. The minimum Gasteiger partial charge on any atom is -0.483 e. The van der Waals surface area contributed by atoms with Crippen molar-refractivity contribution in [2.24, 2.45) is 0 Å². The topological polar surface area (TPSA) is 67.4 Å². The van der Waals surface area contributed by atoms with Crippen LogP contribution in [-0.2, 0) is 9.59 Å². The summed E-state index contributed by atoms with van der Waals surface area (Å²) in [4.78, 5) is 23.4. The molecular weight excluding hydrogens is 304 g/mol. The van der Waals surface area contributed by atoms with Crippen LogP contribution < -0.4 is 15.6 Å². The second-order valence-corrected chi connectivity index (χ2v) is 5.34. The maximum atomic E-state index is 11.7. The van der Waals surface area contributed by atoms with Crippen molar-refractivity contribution in [2.45, 2.75) is 13.8 Å². The second-order valence-electron chi connectivity index (χ2n) is 5.34. The maximum absolute atomic E-state index is 11.7. The summed E-state index contributed by atoms with van der Waals surface area (Å²) in [5.74, 6) is -0.213. The van der Waals surface area contributed by atoms with E-state index in [1.165, 1.54) is 6.08 Å². The smallest absolute Gasteiger partial charge is 0.276 e. The van der Waals surface area contributed by atoms with E-state index in [2.05, 4.69) is 10.9 Å². The molecule has 0 aliphatic carbocycles. The fraction of sp³-hybridized carbons (Fsp3) is 0.158. The molecule has 0 aromatic heterocycles. The highest BCUT2D eigenvalue weighted by molar-refractivity contribution is 5.93. The molecular formula is C19H20N2O3. The highest BCUT2D eigenvalue weighted by atomic mass is 16.5. The number of benzene rings is 2. The standard InChI is InChI=1S/C19H20N2O3/c1-14-6-5-8-16(12-14)10-11-18(22)20-21-19(23)13-24-17-9-4-3-7-15(17)2/h3-12H,13H2,1-2H3,(H,20,22)(H,21,23)/b11-10+. The number of rotatable bonds is 5. The molecule has 2 aromatic carbocycles. The van der Waals surface area contributed by atoms with E-state index in [4.69, 9.17) is 4.74 Å². The van der Waals surface area contributed by atoms with Gasteiger partial charge in [-0.3, -0.25) is 20.4 Å². The summed E-state index contributed by atoms with van der Waals surface area (Å²) >= 11 is 0. The van der Waals surface area contributed by atoms with Gasteiger partial charge in [0.2, 0.25) is 0 Å². The SMILES string of the molecule is Cc1cccc(/C=C/C(=O)NNC(=O)COc2ccccc2C)c1. The summed E-state index contributed by atoms with van der Waals surface area (Å²) in [7, 11) is 0. The Balaban J connectivity index is 1.75. The van der Waals surface area contributed by atoms with Gasteiger partial charge in [0.15, 0.2) is 6.61 Å². The Hall–Kier alpha value is -3.08. The Morgan fingerprint density at radius 1 is 1.04 bits per heavy atom. The van der Waals surface area contributed by atoms with Crippen molar-refractivity contribution in [1.29, 1.82) is 0 Å². The van der Waals surface area contributed by atoms with Crippen LogP contribution in [-0.4, -0.2) is 18.4 Å². The third kappa shape index (κ3) is 5.61. The van der Waals surface area contributed by atoms with Crippen LogP contribution in [0.25, 0.3) is 6.08 Å². The predicted octanol–water partition coefficient (Wildman–Crippen LogP) is 2.54. The molecule has 0 aliphatic heterocycles. The number of hydrazine groups is 1. The van der Waals surface area contributed by atoms with Crippen LogP contribution in [0.3, 0.4) is 0 Å². The van der Waals surface area contributed by atoms with E-state index >= 15 is 0 Å². The molecule has 2 amide bonds. The molecule has 0 unspecified atom stereocenters. The van der Waals surface area contributed by atoms with Crippen LogP contribution in [0.5, 0.6) is 5.75 Å². The first kappa shape index (κ1) is 17.3. The quantitative estimate of drug-likeness (QED) is 0.656. The van der Waals surface area contributed by atoms with E-state index in [9.17, 15) is 9.59 Å². The van der Waals surface area contributed by atoms with Gasteiger partial charge in [-0.05, 0) is 37.1 Å². The molecule has 124 valence electrons. The number of hydrogen-bond donors (Lipinski definition) is 2. The van der Waals surface area contributed by atoms with Crippen molar-refractivity contribution in [3.63, 3.8) is 0 Å². The monoisotopic (exact) mass is 324 g/mol. The molecule has 0 fully saturated rings.